The maximum Gasteiger partial charge on any atom is 0.416 e. The van der Waals surface area contributed by atoms with Crippen molar-refractivity contribution in [1.29, 1.82) is 0 Å². The lowest BCUT2D eigenvalue weighted by Crippen LogP contribution is -2.33. The number of amides is 1. The molecule has 0 unspecified atom stereocenters. The van der Waals surface area contributed by atoms with E-state index in [0.29, 0.717) is 17.1 Å². The van der Waals surface area contributed by atoms with E-state index in [4.69, 9.17) is 5.73 Å². The number of carbonyl (C=O) groups is 1. The van der Waals surface area contributed by atoms with Crippen molar-refractivity contribution in [3.8, 4) is 0 Å². The highest BCUT2D eigenvalue weighted by atomic mass is 19.4. The maximum absolute atomic E-state index is 13.2. The summed E-state index contributed by atoms with van der Waals surface area (Å²) in [4.78, 5) is 14.3. The van der Waals surface area contributed by atoms with E-state index in [2.05, 4.69) is 15.5 Å². The molecule has 4 rings (SSSR count). The fourth-order valence-electron chi connectivity index (χ4n) is 4.22. The van der Waals surface area contributed by atoms with Gasteiger partial charge in [0.2, 0.25) is 5.91 Å². The molecule has 0 aliphatic carbocycles. The van der Waals surface area contributed by atoms with Gasteiger partial charge in [0, 0.05) is 29.2 Å². The highest BCUT2D eigenvalue weighted by Gasteiger charge is 2.42. The van der Waals surface area contributed by atoms with Crippen LogP contribution < -0.4 is 16.0 Å². The van der Waals surface area contributed by atoms with Gasteiger partial charge in [-0.3, -0.25) is 4.79 Å². The molecule has 2 heterocycles. The van der Waals surface area contributed by atoms with Crippen LogP contribution in [0.5, 0.6) is 0 Å². The average molecular weight is 443 g/mol. The first-order valence-corrected chi connectivity index (χ1v) is 10.1. The Labute approximate surface area is 183 Å². The summed E-state index contributed by atoms with van der Waals surface area (Å²) in [5, 5.41) is 13.2. The number of aromatic nitrogens is 2. The van der Waals surface area contributed by atoms with E-state index >= 15 is 0 Å². The molecule has 0 radical (unpaired) electrons. The third-order valence-electron chi connectivity index (χ3n) is 6.11. The number of hydrogen-bond acceptors (Lipinski definition) is 5. The van der Waals surface area contributed by atoms with Crippen LogP contribution >= 0.6 is 0 Å². The number of likely N-dealkylation sites (N-methyl/N-ethyl adjacent to an activating group) is 1. The van der Waals surface area contributed by atoms with Crippen molar-refractivity contribution in [2.75, 3.05) is 23.0 Å². The predicted molar refractivity (Wildman–Crippen MR) is 119 cm³/mol. The number of rotatable bonds is 3. The van der Waals surface area contributed by atoms with Crippen LogP contribution in [-0.2, 0) is 16.4 Å². The first kappa shape index (κ1) is 21.9. The second-order valence-corrected chi connectivity index (χ2v) is 8.79. The van der Waals surface area contributed by atoms with Gasteiger partial charge in [0.05, 0.1) is 22.7 Å². The van der Waals surface area contributed by atoms with Gasteiger partial charge in [-0.05, 0) is 69.2 Å². The Morgan fingerprint density at radius 2 is 1.78 bits per heavy atom. The van der Waals surface area contributed by atoms with Crippen molar-refractivity contribution in [3.05, 3.63) is 52.7 Å². The minimum atomic E-state index is -4.50. The molecule has 32 heavy (non-hydrogen) atoms. The minimum Gasteiger partial charge on any atom is -0.399 e. The number of carbonyl (C=O) groups excluding carboxylic acids is 1. The molecule has 0 spiro atoms. The van der Waals surface area contributed by atoms with Crippen molar-refractivity contribution in [2.24, 2.45) is 0 Å². The third kappa shape index (κ3) is 3.41. The number of aryl methyl sites for hydroxylation is 1. The molecular weight excluding hydrogens is 419 g/mol. The highest BCUT2D eigenvalue weighted by molar-refractivity contribution is 6.10. The molecule has 1 aliphatic rings. The second kappa shape index (κ2) is 7.08. The summed E-state index contributed by atoms with van der Waals surface area (Å²) in [6.45, 7) is 7.32. The van der Waals surface area contributed by atoms with E-state index in [1.807, 2.05) is 32.9 Å². The Bertz CT molecular complexity index is 1250. The Kier molecular flexibility index (Phi) is 4.84. The topological polar surface area (TPSA) is 84.1 Å². The van der Waals surface area contributed by atoms with Crippen LogP contribution in [0.15, 0.2) is 30.3 Å². The monoisotopic (exact) mass is 443 g/mol. The number of benzene rings is 2. The Morgan fingerprint density at radius 3 is 2.44 bits per heavy atom. The number of fused-ring (bicyclic) bond motifs is 2. The Morgan fingerprint density at radius 1 is 1.09 bits per heavy atom. The summed E-state index contributed by atoms with van der Waals surface area (Å²) >= 11 is 0. The first-order chi connectivity index (χ1) is 14.8. The summed E-state index contributed by atoms with van der Waals surface area (Å²) in [7, 11) is 1.73. The largest absolute Gasteiger partial charge is 0.416 e. The van der Waals surface area contributed by atoms with Crippen molar-refractivity contribution in [2.45, 2.75) is 45.3 Å². The molecule has 0 saturated carbocycles. The van der Waals surface area contributed by atoms with E-state index < -0.39 is 23.2 Å². The zero-order valence-corrected chi connectivity index (χ0v) is 18.4. The molecule has 1 aliphatic heterocycles. The molecule has 1 aromatic heterocycles. The molecule has 0 saturated heterocycles. The normalized spacial score (nSPS) is 16.4. The lowest BCUT2D eigenvalue weighted by atomic mass is 9.85. The smallest absolute Gasteiger partial charge is 0.399 e. The van der Waals surface area contributed by atoms with Crippen LogP contribution in [0, 0.1) is 6.92 Å². The minimum absolute atomic E-state index is 0.0105. The van der Waals surface area contributed by atoms with Crippen molar-refractivity contribution in [3.63, 3.8) is 0 Å². The Balaban J connectivity index is 1.79. The molecule has 6 nitrogen and oxygen atoms in total. The number of hydrogen-bond donors (Lipinski definition) is 2. The quantitative estimate of drug-likeness (QED) is 0.559. The van der Waals surface area contributed by atoms with E-state index in [-0.39, 0.29) is 11.6 Å². The van der Waals surface area contributed by atoms with Crippen LogP contribution in [0.4, 0.5) is 30.4 Å². The fourth-order valence-corrected chi connectivity index (χ4v) is 4.22. The van der Waals surface area contributed by atoms with Crippen LogP contribution in [0.25, 0.3) is 10.8 Å². The summed E-state index contributed by atoms with van der Waals surface area (Å²) in [6, 6.07) is 6.80. The van der Waals surface area contributed by atoms with Crippen molar-refractivity contribution in [1.82, 2.24) is 10.2 Å². The van der Waals surface area contributed by atoms with E-state index in [1.54, 1.807) is 18.9 Å². The third-order valence-corrected chi connectivity index (χ3v) is 6.11. The fraction of sp³-hybridized carbons (Fsp3) is 0.348. The van der Waals surface area contributed by atoms with Crippen LogP contribution in [-0.4, -0.2) is 23.2 Å². The molecule has 1 amide bonds. The SMILES string of the molecule is Cc1nnc(N[C@H](C)c2cc(N)cc(C(F)(F)F)c2)c2cc3c(cc12)C(C)(C)C(=O)N3C. The highest BCUT2D eigenvalue weighted by Crippen LogP contribution is 2.44. The van der Waals surface area contributed by atoms with E-state index in [0.717, 1.165) is 34.2 Å². The molecule has 0 bridgehead atoms. The number of nitrogens with zero attached hydrogens (tertiary/aromatic N) is 3. The first-order valence-electron chi connectivity index (χ1n) is 10.1. The average Bonchev–Trinajstić information content (AvgIpc) is 2.88. The van der Waals surface area contributed by atoms with Crippen LogP contribution in [0.2, 0.25) is 0 Å². The molecule has 1 atom stereocenters. The zero-order valence-electron chi connectivity index (χ0n) is 18.4. The number of nitrogen functional groups attached to an aromatic ring is 1. The number of anilines is 3. The Hall–Kier alpha value is -3.36. The van der Waals surface area contributed by atoms with Crippen LogP contribution in [0.3, 0.4) is 0 Å². The van der Waals surface area contributed by atoms with Gasteiger partial charge < -0.3 is 16.0 Å². The van der Waals surface area contributed by atoms with Gasteiger partial charge in [-0.1, -0.05) is 0 Å². The van der Waals surface area contributed by atoms with Gasteiger partial charge in [-0.15, -0.1) is 5.10 Å². The van der Waals surface area contributed by atoms with Crippen molar-refractivity contribution < 1.29 is 18.0 Å². The van der Waals surface area contributed by atoms with E-state index in [9.17, 15) is 18.0 Å². The molecule has 3 aromatic rings. The number of nitrogens with two attached hydrogens (primary N) is 1. The second-order valence-electron chi connectivity index (χ2n) is 8.79. The molecular formula is C23H24F3N5O. The summed E-state index contributed by atoms with van der Waals surface area (Å²) in [5.74, 6) is 0.408. The molecule has 3 N–H and O–H groups in total. The van der Waals surface area contributed by atoms with Gasteiger partial charge in [-0.25, -0.2) is 0 Å². The van der Waals surface area contributed by atoms with Gasteiger partial charge in [-0.2, -0.15) is 18.3 Å². The standard InChI is InChI=1S/C23H24F3N5O/c1-11(13-6-14(23(24,25)26)8-15(27)7-13)28-20-17-10-19-18(9-16(17)12(2)29-30-20)22(3,4)21(32)31(19)5/h6-11H,27H2,1-5H3,(H,28,30)/t11-/m1/s1. The zero-order chi connectivity index (χ0) is 23.6. The molecule has 2 aromatic carbocycles. The van der Waals surface area contributed by atoms with E-state index in [1.165, 1.54) is 6.07 Å². The van der Waals surface area contributed by atoms with Gasteiger partial charge in [0.25, 0.3) is 0 Å². The van der Waals surface area contributed by atoms with Gasteiger partial charge >= 0.3 is 6.18 Å². The summed E-state index contributed by atoms with van der Waals surface area (Å²) in [6.07, 6.45) is -4.50. The number of nitrogens with one attached hydrogen (secondary N) is 1. The summed E-state index contributed by atoms with van der Waals surface area (Å²) in [5.41, 5.74) is 7.04. The lowest BCUT2D eigenvalue weighted by Gasteiger charge is -2.20. The number of halogens is 3. The van der Waals surface area contributed by atoms with Gasteiger partial charge in [0.1, 0.15) is 0 Å². The predicted octanol–water partition coefficient (Wildman–Crippen LogP) is 4.97. The number of alkyl halides is 3. The molecule has 0 fully saturated rings. The maximum atomic E-state index is 13.2. The summed E-state index contributed by atoms with van der Waals surface area (Å²) < 4.78 is 39.7. The van der Waals surface area contributed by atoms with Gasteiger partial charge in [0.15, 0.2) is 5.82 Å². The molecule has 168 valence electrons. The lowest BCUT2D eigenvalue weighted by molar-refractivity contribution is -0.137. The van der Waals surface area contributed by atoms with Crippen LogP contribution in [0.1, 0.15) is 49.2 Å². The van der Waals surface area contributed by atoms with Crippen molar-refractivity contribution >= 4 is 33.9 Å². The molecule has 9 heteroatoms.